The predicted octanol–water partition coefficient (Wildman–Crippen LogP) is 8.88. The van der Waals surface area contributed by atoms with Gasteiger partial charge in [-0.15, -0.1) is 0 Å². The van der Waals surface area contributed by atoms with Crippen molar-refractivity contribution in [1.82, 2.24) is 0 Å². The highest BCUT2D eigenvalue weighted by Crippen LogP contribution is 2.33. The second kappa shape index (κ2) is 15.0. The van der Waals surface area contributed by atoms with Gasteiger partial charge in [0.1, 0.15) is 0 Å². The van der Waals surface area contributed by atoms with Crippen LogP contribution in [0.25, 0.3) is 0 Å². The fraction of sp³-hybridized carbons (Fsp3) is 0.786. The molecule has 2 aliphatic carbocycles. The summed E-state index contributed by atoms with van der Waals surface area (Å²) in [5.41, 5.74) is 0. The molecule has 2 aliphatic rings. The lowest BCUT2D eigenvalue weighted by molar-refractivity contribution is 0.289. The molecule has 0 unspecified atom stereocenters. The van der Waals surface area contributed by atoms with E-state index in [0.29, 0.717) is 0 Å². The first kappa shape index (κ1) is 23.3. The Kier molecular flexibility index (Phi) is 12.5. The lowest BCUT2D eigenvalue weighted by atomic mass is 9.79. The van der Waals surface area contributed by atoms with Gasteiger partial charge < -0.3 is 0 Å². The molecule has 2 rings (SSSR count). The minimum Gasteiger partial charge on any atom is -0.0730 e. The first-order chi connectivity index (χ1) is 13.8. The van der Waals surface area contributed by atoms with Crippen molar-refractivity contribution in [1.29, 1.82) is 0 Å². The first-order valence-electron chi connectivity index (χ1n) is 12.7. The summed E-state index contributed by atoms with van der Waals surface area (Å²) in [6, 6.07) is 0. The molecule has 158 valence electrons. The van der Waals surface area contributed by atoms with Gasteiger partial charge in [-0.2, -0.15) is 0 Å². The number of hydrogen-bond donors (Lipinski definition) is 0. The minimum absolute atomic E-state index is 0.781. The van der Waals surface area contributed by atoms with E-state index in [1.165, 1.54) is 103 Å². The molecule has 0 N–H and O–H groups in total. The summed E-state index contributed by atoms with van der Waals surface area (Å²) in [7, 11) is 0. The van der Waals surface area contributed by atoms with Crippen molar-refractivity contribution < 1.29 is 0 Å². The minimum atomic E-state index is 0.781. The predicted molar refractivity (Wildman–Crippen MR) is 125 cm³/mol. The van der Waals surface area contributed by atoms with Crippen LogP contribution in [0, 0.1) is 35.5 Å². The highest BCUT2D eigenvalue weighted by atomic mass is 14.2. The molecule has 0 aromatic rings. The van der Waals surface area contributed by atoms with Gasteiger partial charge in [-0.1, -0.05) is 89.2 Å². The highest BCUT2D eigenvalue weighted by molar-refractivity contribution is 5.24. The van der Waals surface area contributed by atoms with E-state index in [-0.39, 0.29) is 0 Å². The van der Waals surface area contributed by atoms with Gasteiger partial charge in [0.2, 0.25) is 0 Å². The molecule has 0 atom stereocenters. The quantitative estimate of drug-likeness (QED) is 0.261. The van der Waals surface area contributed by atoms with Gasteiger partial charge >= 0.3 is 0 Å². The molecule has 0 aromatic carbocycles. The molecule has 0 heteroatoms. The maximum atomic E-state index is 3.25. The average Bonchev–Trinajstić information content (AvgIpc) is 2.74. The van der Waals surface area contributed by atoms with Gasteiger partial charge in [0, 0.05) is 0 Å². The van der Waals surface area contributed by atoms with Crippen LogP contribution >= 0.6 is 0 Å². The molecule has 0 amide bonds. The number of rotatable bonds is 10. The van der Waals surface area contributed by atoms with Gasteiger partial charge in [0.25, 0.3) is 0 Å². The molecule has 0 aliphatic heterocycles. The highest BCUT2D eigenvalue weighted by Gasteiger charge is 2.19. The summed E-state index contributed by atoms with van der Waals surface area (Å²) in [5, 5.41) is 0. The number of hydrogen-bond acceptors (Lipinski definition) is 0. The van der Waals surface area contributed by atoms with E-state index >= 15 is 0 Å². The molecule has 2 fully saturated rings. The Morgan fingerprint density at radius 1 is 0.571 bits per heavy atom. The van der Waals surface area contributed by atoms with E-state index in [1.807, 2.05) is 0 Å². The zero-order valence-corrected chi connectivity index (χ0v) is 18.9. The molecule has 0 bridgehead atoms. The fourth-order valence-corrected chi connectivity index (χ4v) is 5.16. The Morgan fingerprint density at radius 3 is 1.50 bits per heavy atom. The smallest absolute Gasteiger partial charge is 0.0153 e. The van der Waals surface area contributed by atoms with Crippen molar-refractivity contribution in [2.24, 2.45) is 23.7 Å². The molecule has 28 heavy (non-hydrogen) atoms. The van der Waals surface area contributed by atoms with Gasteiger partial charge in [-0.3, -0.25) is 0 Å². The second-order valence-corrected chi connectivity index (χ2v) is 9.56. The van der Waals surface area contributed by atoms with Crippen LogP contribution in [0.3, 0.4) is 0 Å². The molecule has 0 spiro atoms. The molecular formula is C28H46. The van der Waals surface area contributed by atoms with Crippen LogP contribution < -0.4 is 0 Å². The number of unbranched alkanes of at least 4 members (excludes halogenated alkanes) is 4. The van der Waals surface area contributed by atoms with E-state index in [2.05, 4.69) is 50.0 Å². The third-order valence-electron chi connectivity index (χ3n) is 7.20. The molecule has 0 saturated heterocycles. The average molecular weight is 383 g/mol. The Balaban J connectivity index is 1.55. The van der Waals surface area contributed by atoms with Gasteiger partial charge in [0.05, 0.1) is 0 Å². The van der Waals surface area contributed by atoms with E-state index in [1.54, 1.807) is 0 Å². The third-order valence-corrected chi connectivity index (χ3v) is 7.20. The first-order valence-corrected chi connectivity index (χ1v) is 12.7. The Morgan fingerprint density at radius 2 is 1.04 bits per heavy atom. The van der Waals surface area contributed by atoms with Crippen molar-refractivity contribution >= 4 is 0 Å². The molecule has 0 radical (unpaired) electrons. The molecule has 0 nitrogen and oxygen atoms in total. The second-order valence-electron chi connectivity index (χ2n) is 9.56. The largest absolute Gasteiger partial charge is 0.0730 e. The van der Waals surface area contributed by atoms with Crippen molar-refractivity contribution in [3.05, 3.63) is 24.3 Å². The van der Waals surface area contributed by atoms with E-state index in [4.69, 9.17) is 0 Å². The Labute approximate surface area is 176 Å². The van der Waals surface area contributed by atoms with Crippen LogP contribution in [-0.2, 0) is 0 Å². The summed E-state index contributed by atoms with van der Waals surface area (Å²) in [6.07, 6.45) is 31.7. The van der Waals surface area contributed by atoms with Crippen LogP contribution in [0.4, 0.5) is 0 Å². The number of allylic oxidation sites excluding steroid dienone is 4. The summed E-state index contributed by atoms with van der Waals surface area (Å²) in [6.45, 7) is 4.61. The fourth-order valence-electron chi connectivity index (χ4n) is 5.16. The Bertz CT molecular complexity index is 484. The summed E-state index contributed by atoms with van der Waals surface area (Å²) in [4.78, 5) is 0. The van der Waals surface area contributed by atoms with Gasteiger partial charge in [-0.05, 0) is 87.2 Å². The molecule has 2 saturated carbocycles. The maximum absolute atomic E-state index is 3.25. The van der Waals surface area contributed by atoms with Crippen LogP contribution in [0.2, 0.25) is 0 Å². The lowest BCUT2D eigenvalue weighted by Gasteiger charge is -2.26. The van der Waals surface area contributed by atoms with Crippen molar-refractivity contribution in [3.8, 4) is 11.8 Å². The van der Waals surface area contributed by atoms with Crippen LogP contribution in [0.5, 0.6) is 0 Å². The molecule has 0 heterocycles. The standard InChI is InChI=1S/C28H46/c1-3-5-7-10-14-26-21-23-28(24-22-26)16-12-9-8-11-15-27-19-17-25(18-20-27)13-6-4-2/h11-12,15-16,25-28H,3-7,10,13-14,17-24H2,1-2H3/b15-11+,16-12+. The van der Waals surface area contributed by atoms with Gasteiger partial charge in [-0.25, -0.2) is 0 Å². The summed E-state index contributed by atoms with van der Waals surface area (Å²) >= 11 is 0. The van der Waals surface area contributed by atoms with Crippen LogP contribution in [-0.4, -0.2) is 0 Å². The van der Waals surface area contributed by atoms with Crippen molar-refractivity contribution in [3.63, 3.8) is 0 Å². The zero-order chi connectivity index (χ0) is 19.9. The van der Waals surface area contributed by atoms with E-state index in [0.717, 1.165) is 23.7 Å². The van der Waals surface area contributed by atoms with Crippen molar-refractivity contribution in [2.45, 2.75) is 117 Å². The lowest BCUT2D eigenvalue weighted by Crippen LogP contribution is -2.13. The van der Waals surface area contributed by atoms with E-state index < -0.39 is 0 Å². The molecular weight excluding hydrogens is 336 g/mol. The van der Waals surface area contributed by atoms with Gasteiger partial charge in [0.15, 0.2) is 0 Å². The zero-order valence-electron chi connectivity index (χ0n) is 18.9. The van der Waals surface area contributed by atoms with E-state index in [9.17, 15) is 0 Å². The summed E-state index contributed by atoms with van der Waals surface area (Å²) < 4.78 is 0. The molecule has 0 aromatic heterocycles. The Hall–Kier alpha value is -0.960. The van der Waals surface area contributed by atoms with Crippen LogP contribution in [0.1, 0.15) is 117 Å². The van der Waals surface area contributed by atoms with Crippen molar-refractivity contribution in [2.75, 3.05) is 0 Å². The van der Waals surface area contributed by atoms with Crippen LogP contribution in [0.15, 0.2) is 24.3 Å². The summed E-state index contributed by atoms with van der Waals surface area (Å²) in [5.74, 6) is 10.1. The monoisotopic (exact) mass is 382 g/mol. The topological polar surface area (TPSA) is 0 Å². The maximum Gasteiger partial charge on any atom is -0.0153 e. The normalized spacial score (nSPS) is 28.5. The SMILES string of the molecule is CCCCCCC1CCC(/C=C/C#C/C=C/C2CCC(CCCC)CC2)CC1. The third kappa shape index (κ3) is 10.0.